The molecule has 0 bridgehead atoms. The van der Waals surface area contributed by atoms with E-state index in [0.717, 1.165) is 4.90 Å². The van der Waals surface area contributed by atoms with Gasteiger partial charge in [-0.05, 0) is 25.5 Å². The van der Waals surface area contributed by atoms with Crippen molar-refractivity contribution in [3.8, 4) is 0 Å². The van der Waals surface area contributed by atoms with Crippen LogP contribution in [0.1, 0.15) is 11.1 Å². The zero-order valence-corrected chi connectivity index (χ0v) is 13.2. The predicted molar refractivity (Wildman–Crippen MR) is 82.2 cm³/mol. The maximum absolute atomic E-state index is 12.1. The molecule has 0 heterocycles. The number of hydrogen-bond donors (Lipinski definition) is 1. The molecule has 0 aliphatic carbocycles. The highest BCUT2D eigenvalue weighted by Gasteiger charge is 2.13. The van der Waals surface area contributed by atoms with Crippen LogP contribution in [0.4, 0.5) is 0 Å². The number of amides is 1. The Morgan fingerprint density at radius 2 is 2.10 bits per heavy atom. The number of benzene rings is 1. The van der Waals surface area contributed by atoms with E-state index >= 15 is 0 Å². The minimum absolute atomic E-state index is 0.0242. The number of aliphatic hydroxyl groups excluding tert-OH is 1. The smallest absolute Gasteiger partial charge is 0.233 e. The van der Waals surface area contributed by atoms with Gasteiger partial charge in [0.05, 0.1) is 19.0 Å². The third kappa shape index (κ3) is 5.53. The van der Waals surface area contributed by atoms with Gasteiger partial charge in [-0.25, -0.2) is 0 Å². The lowest BCUT2D eigenvalue weighted by Crippen LogP contribution is -2.37. The molecule has 1 aromatic rings. The van der Waals surface area contributed by atoms with Gasteiger partial charge >= 0.3 is 0 Å². The summed E-state index contributed by atoms with van der Waals surface area (Å²) >= 11 is 1.54. The van der Waals surface area contributed by atoms with Crippen LogP contribution >= 0.6 is 11.8 Å². The van der Waals surface area contributed by atoms with Crippen molar-refractivity contribution in [3.63, 3.8) is 0 Å². The van der Waals surface area contributed by atoms with Gasteiger partial charge < -0.3 is 14.7 Å². The molecule has 1 aromatic carbocycles. The van der Waals surface area contributed by atoms with Gasteiger partial charge in [-0.3, -0.25) is 4.79 Å². The van der Waals surface area contributed by atoms with Gasteiger partial charge in [0.15, 0.2) is 0 Å². The SMILES string of the molecule is COCCN(CCO)C(=O)CSc1cc(C)ccc1C. The number of ether oxygens (including phenoxy) is 1. The Bertz CT molecular complexity index is 437. The van der Waals surface area contributed by atoms with E-state index < -0.39 is 0 Å². The Balaban J connectivity index is 2.57. The molecule has 0 atom stereocenters. The summed E-state index contributed by atoms with van der Waals surface area (Å²) in [6, 6.07) is 6.23. The summed E-state index contributed by atoms with van der Waals surface area (Å²) in [5, 5.41) is 9.01. The fourth-order valence-electron chi connectivity index (χ4n) is 1.78. The summed E-state index contributed by atoms with van der Waals surface area (Å²) in [4.78, 5) is 14.9. The van der Waals surface area contributed by atoms with Gasteiger partial charge in [0.1, 0.15) is 0 Å². The molecule has 0 aliphatic rings. The zero-order chi connectivity index (χ0) is 15.0. The maximum Gasteiger partial charge on any atom is 0.233 e. The molecule has 20 heavy (non-hydrogen) atoms. The Morgan fingerprint density at radius 3 is 2.75 bits per heavy atom. The van der Waals surface area contributed by atoms with Gasteiger partial charge in [-0.2, -0.15) is 0 Å². The average molecular weight is 297 g/mol. The summed E-state index contributed by atoms with van der Waals surface area (Å²) in [6.07, 6.45) is 0. The van der Waals surface area contributed by atoms with E-state index in [9.17, 15) is 4.79 Å². The zero-order valence-electron chi connectivity index (χ0n) is 12.4. The molecule has 0 fully saturated rings. The van der Waals surface area contributed by atoms with E-state index in [1.807, 2.05) is 13.8 Å². The van der Waals surface area contributed by atoms with E-state index in [4.69, 9.17) is 9.84 Å². The fraction of sp³-hybridized carbons (Fsp3) is 0.533. The van der Waals surface area contributed by atoms with Crippen molar-refractivity contribution in [2.45, 2.75) is 18.7 Å². The molecule has 112 valence electrons. The summed E-state index contributed by atoms with van der Waals surface area (Å²) < 4.78 is 4.98. The molecule has 0 aromatic heterocycles. The van der Waals surface area contributed by atoms with Gasteiger partial charge in [-0.1, -0.05) is 17.7 Å². The third-order valence-corrected chi connectivity index (χ3v) is 4.12. The normalized spacial score (nSPS) is 10.6. The number of rotatable bonds is 8. The first-order valence-corrected chi connectivity index (χ1v) is 7.64. The van der Waals surface area contributed by atoms with Crippen LogP contribution in [0.15, 0.2) is 23.1 Å². The van der Waals surface area contributed by atoms with E-state index in [1.165, 1.54) is 11.1 Å². The highest BCUT2D eigenvalue weighted by Crippen LogP contribution is 2.23. The van der Waals surface area contributed by atoms with Crippen molar-refractivity contribution >= 4 is 17.7 Å². The van der Waals surface area contributed by atoms with Gasteiger partial charge in [0.25, 0.3) is 0 Å². The molecule has 0 saturated carbocycles. The summed E-state index contributed by atoms with van der Waals surface area (Å²) in [7, 11) is 1.60. The summed E-state index contributed by atoms with van der Waals surface area (Å²) in [5.74, 6) is 0.413. The van der Waals surface area contributed by atoms with Crippen molar-refractivity contribution in [2.75, 3.05) is 39.2 Å². The van der Waals surface area contributed by atoms with Crippen LogP contribution in [0, 0.1) is 13.8 Å². The van der Waals surface area contributed by atoms with Crippen molar-refractivity contribution < 1.29 is 14.6 Å². The Kier molecular flexibility index (Phi) is 7.65. The number of thioether (sulfide) groups is 1. The van der Waals surface area contributed by atoms with Crippen LogP contribution in [0.5, 0.6) is 0 Å². The second-order valence-electron chi connectivity index (χ2n) is 4.65. The molecule has 5 heteroatoms. The number of hydrogen-bond acceptors (Lipinski definition) is 4. The third-order valence-electron chi connectivity index (χ3n) is 2.98. The van der Waals surface area contributed by atoms with Crippen LogP contribution in [0.3, 0.4) is 0 Å². The van der Waals surface area contributed by atoms with Crippen LogP contribution in [-0.4, -0.2) is 55.1 Å². The van der Waals surface area contributed by atoms with Gasteiger partial charge in [-0.15, -0.1) is 11.8 Å². The lowest BCUT2D eigenvalue weighted by atomic mass is 10.2. The first-order chi connectivity index (χ1) is 9.58. The van der Waals surface area contributed by atoms with Crippen LogP contribution in [-0.2, 0) is 9.53 Å². The van der Waals surface area contributed by atoms with Crippen molar-refractivity contribution in [2.24, 2.45) is 0 Å². The van der Waals surface area contributed by atoms with Crippen LogP contribution < -0.4 is 0 Å². The lowest BCUT2D eigenvalue weighted by molar-refractivity contribution is -0.129. The molecular weight excluding hydrogens is 274 g/mol. The molecule has 1 rings (SSSR count). The Hall–Kier alpha value is -1.04. The second-order valence-corrected chi connectivity index (χ2v) is 5.67. The average Bonchev–Trinajstić information content (AvgIpc) is 2.44. The van der Waals surface area contributed by atoms with E-state index in [2.05, 4.69) is 18.2 Å². The number of carbonyl (C=O) groups excluding carboxylic acids is 1. The molecule has 4 nitrogen and oxygen atoms in total. The van der Waals surface area contributed by atoms with Crippen LogP contribution in [0.2, 0.25) is 0 Å². The molecule has 1 amide bonds. The minimum Gasteiger partial charge on any atom is -0.395 e. The number of nitrogens with zero attached hydrogens (tertiary/aromatic N) is 1. The van der Waals surface area contributed by atoms with Gasteiger partial charge in [0.2, 0.25) is 5.91 Å². The van der Waals surface area contributed by atoms with Crippen molar-refractivity contribution in [1.29, 1.82) is 0 Å². The van der Waals surface area contributed by atoms with Crippen molar-refractivity contribution in [1.82, 2.24) is 4.90 Å². The standard InChI is InChI=1S/C15H23NO3S/c1-12-4-5-13(2)14(10-12)20-11-15(18)16(6-8-17)7-9-19-3/h4-5,10,17H,6-9,11H2,1-3H3. The highest BCUT2D eigenvalue weighted by atomic mass is 32.2. The molecule has 0 unspecified atom stereocenters. The van der Waals surface area contributed by atoms with Gasteiger partial charge in [0, 0.05) is 25.1 Å². The predicted octanol–water partition coefficient (Wildman–Crippen LogP) is 1.86. The van der Waals surface area contributed by atoms with Crippen molar-refractivity contribution in [3.05, 3.63) is 29.3 Å². The lowest BCUT2D eigenvalue weighted by Gasteiger charge is -2.21. The first-order valence-electron chi connectivity index (χ1n) is 6.66. The second kappa shape index (κ2) is 9.00. The number of methoxy groups -OCH3 is 1. The molecule has 0 radical (unpaired) electrons. The molecule has 0 aliphatic heterocycles. The number of aryl methyl sites for hydroxylation is 2. The molecule has 0 spiro atoms. The monoisotopic (exact) mass is 297 g/mol. The fourth-order valence-corrected chi connectivity index (χ4v) is 2.80. The van der Waals surface area contributed by atoms with E-state index in [0.29, 0.717) is 25.4 Å². The largest absolute Gasteiger partial charge is 0.395 e. The Labute approximate surface area is 125 Å². The Morgan fingerprint density at radius 1 is 1.35 bits per heavy atom. The number of aliphatic hydroxyl groups is 1. The van der Waals surface area contributed by atoms with E-state index in [1.54, 1.807) is 23.8 Å². The highest BCUT2D eigenvalue weighted by molar-refractivity contribution is 8.00. The van der Waals surface area contributed by atoms with E-state index in [-0.39, 0.29) is 12.5 Å². The molecule has 0 saturated heterocycles. The van der Waals surface area contributed by atoms with Crippen LogP contribution in [0.25, 0.3) is 0 Å². The number of carbonyl (C=O) groups is 1. The quantitative estimate of drug-likeness (QED) is 0.744. The summed E-state index contributed by atoms with van der Waals surface area (Å²) in [5.41, 5.74) is 2.37. The summed E-state index contributed by atoms with van der Waals surface area (Å²) in [6.45, 7) is 5.42. The molecular formula is C15H23NO3S. The maximum atomic E-state index is 12.1. The molecule has 1 N–H and O–H groups in total. The minimum atomic E-state index is -0.0242. The topological polar surface area (TPSA) is 49.8 Å². The first kappa shape index (κ1) is 17.0.